The van der Waals surface area contributed by atoms with Gasteiger partial charge in [-0.25, -0.2) is 0 Å². The van der Waals surface area contributed by atoms with Crippen LogP contribution in [0, 0.1) is 25.7 Å². The molecule has 2 saturated carbocycles. The number of aryl methyl sites for hydroxylation is 2. The van der Waals surface area contributed by atoms with Crippen LogP contribution in [0.2, 0.25) is 0 Å². The average Bonchev–Trinajstić information content (AvgIpc) is 2.64. The van der Waals surface area contributed by atoms with E-state index in [0.717, 1.165) is 36.8 Å². The van der Waals surface area contributed by atoms with Crippen LogP contribution >= 0.6 is 0 Å². The first-order valence-corrected chi connectivity index (χ1v) is 7.24. The van der Waals surface area contributed by atoms with E-state index in [1.54, 1.807) is 0 Å². The number of carbonyl (C=O) groups excluding carboxylic acids is 2. The van der Waals surface area contributed by atoms with E-state index in [9.17, 15) is 9.59 Å². The summed E-state index contributed by atoms with van der Waals surface area (Å²) in [4.78, 5) is 25.1. The second-order valence-corrected chi connectivity index (χ2v) is 6.10. The summed E-state index contributed by atoms with van der Waals surface area (Å²) in [7, 11) is 0. The van der Waals surface area contributed by atoms with Gasteiger partial charge in [-0.05, 0) is 37.8 Å². The van der Waals surface area contributed by atoms with Gasteiger partial charge in [0.25, 0.3) is 0 Å². The maximum atomic E-state index is 12.6. The molecule has 3 rings (SSSR count). The molecule has 2 unspecified atom stereocenters. The van der Waals surface area contributed by atoms with Crippen molar-refractivity contribution in [2.45, 2.75) is 45.4 Å². The zero-order chi connectivity index (χ0) is 13.6. The second-order valence-electron chi connectivity index (χ2n) is 6.10. The Bertz CT molecular complexity index is 520. The number of Topliss-reactive ketones (excluding diaryl/α,β-unsaturated/α-hetero) is 2. The fourth-order valence-corrected chi connectivity index (χ4v) is 3.84. The first kappa shape index (κ1) is 12.6. The third-order valence-corrected chi connectivity index (χ3v) is 4.80. The van der Waals surface area contributed by atoms with Gasteiger partial charge >= 0.3 is 0 Å². The standard InChI is InChI=1S/C17H20O2/c1-10-7-8-12(11(2)9-10)15-16(18)13-5-3-4-6-14(13)17(15)19/h7-9,13-15H,3-6H2,1-2H3. The zero-order valence-electron chi connectivity index (χ0n) is 11.6. The van der Waals surface area contributed by atoms with Crippen LogP contribution in [-0.2, 0) is 9.59 Å². The number of hydrogen-bond donors (Lipinski definition) is 0. The molecule has 0 aliphatic heterocycles. The van der Waals surface area contributed by atoms with E-state index >= 15 is 0 Å². The Labute approximate surface area is 114 Å². The second kappa shape index (κ2) is 4.59. The highest BCUT2D eigenvalue weighted by Gasteiger charge is 2.50. The van der Waals surface area contributed by atoms with Gasteiger partial charge in [0.15, 0.2) is 11.6 Å². The number of rotatable bonds is 1. The molecule has 0 amide bonds. The third-order valence-electron chi connectivity index (χ3n) is 4.80. The van der Waals surface area contributed by atoms with Gasteiger partial charge in [0.2, 0.25) is 0 Å². The zero-order valence-corrected chi connectivity index (χ0v) is 11.6. The fourth-order valence-electron chi connectivity index (χ4n) is 3.84. The fraction of sp³-hybridized carbons (Fsp3) is 0.529. The summed E-state index contributed by atoms with van der Waals surface area (Å²) in [6, 6.07) is 6.05. The summed E-state index contributed by atoms with van der Waals surface area (Å²) in [5, 5.41) is 0. The lowest BCUT2D eigenvalue weighted by Crippen LogP contribution is -2.21. The molecule has 2 atom stereocenters. The number of benzene rings is 1. The average molecular weight is 256 g/mol. The lowest BCUT2D eigenvalue weighted by Gasteiger charge is -2.21. The van der Waals surface area contributed by atoms with Crippen LogP contribution in [0.25, 0.3) is 0 Å². The van der Waals surface area contributed by atoms with Crippen molar-refractivity contribution in [1.29, 1.82) is 0 Å². The summed E-state index contributed by atoms with van der Waals surface area (Å²) in [6.07, 6.45) is 4.02. The molecule has 0 saturated heterocycles. The highest BCUT2D eigenvalue weighted by Crippen LogP contribution is 2.44. The van der Waals surface area contributed by atoms with Crippen molar-refractivity contribution in [3.05, 3.63) is 34.9 Å². The van der Waals surface area contributed by atoms with Crippen molar-refractivity contribution in [2.75, 3.05) is 0 Å². The molecule has 2 aliphatic carbocycles. The molecule has 0 radical (unpaired) electrons. The van der Waals surface area contributed by atoms with Crippen LogP contribution in [0.15, 0.2) is 18.2 Å². The van der Waals surface area contributed by atoms with Gasteiger partial charge in [0.05, 0.1) is 0 Å². The molecule has 0 aromatic heterocycles. The summed E-state index contributed by atoms with van der Waals surface area (Å²) >= 11 is 0. The molecule has 2 aliphatic rings. The van der Waals surface area contributed by atoms with E-state index in [4.69, 9.17) is 0 Å². The van der Waals surface area contributed by atoms with E-state index in [1.807, 2.05) is 26.0 Å². The molecule has 0 heterocycles. The Morgan fingerprint density at radius 1 is 0.947 bits per heavy atom. The minimum atomic E-state index is -0.478. The molecular formula is C17H20O2. The Kier molecular flexibility index (Phi) is 3.04. The molecule has 0 bridgehead atoms. The summed E-state index contributed by atoms with van der Waals surface area (Å²) in [5.41, 5.74) is 3.19. The van der Waals surface area contributed by atoms with E-state index in [2.05, 4.69) is 6.07 Å². The van der Waals surface area contributed by atoms with Crippen molar-refractivity contribution in [3.8, 4) is 0 Å². The number of carbonyl (C=O) groups is 2. The summed E-state index contributed by atoms with van der Waals surface area (Å²) in [5.74, 6) is -0.101. The summed E-state index contributed by atoms with van der Waals surface area (Å²) in [6.45, 7) is 4.04. The van der Waals surface area contributed by atoms with Crippen molar-refractivity contribution in [2.24, 2.45) is 11.8 Å². The van der Waals surface area contributed by atoms with Crippen LogP contribution in [0.3, 0.4) is 0 Å². The highest BCUT2D eigenvalue weighted by atomic mass is 16.2. The Morgan fingerprint density at radius 3 is 2.05 bits per heavy atom. The SMILES string of the molecule is Cc1ccc(C2C(=O)C3CCCCC3C2=O)c(C)c1. The Hall–Kier alpha value is -1.44. The molecule has 1 aromatic carbocycles. The lowest BCUT2D eigenvalue weighted by atomic mass is 9.81. The Morgan fingerprint density at radius 2 is 1.53 bits per heavy atom. The van der Waals surface area contributed by atoms with Crippen LogP contribution in [0.1, 0.15) is 48.3 Å². The monoisotopic (exact) mass is 256 g/mol. The van der Waals surface area contributed by atoms with Crippen LogP contribution in [0.5, 0.6) is 0 Å². The van der Waals surface area contributed by atoms with Crippen molar-refractivity contribution in [1.82, 2.24) is 0 Å². The molecule has 0 spiro atoms. The number of hydrogen-bond acceptors (Lipinski definition) is 2. The van der Waals surface area contributed by atoms with Crippen LogP contribution < -0.4 is 0 Å². The first-order chi connectivity index (χ1) is 9.09. The normalized spacial score (nSPS) is 30.5. The minimum absolute atomic E-state index is 0.00644. The van der Waals surface area contributed by atoms with Crippen LogP contribution in [-0.4, -0.2) is 11.6 Å². The quantitative estimate of drug-likeness (QED) is 0.722. The predicted molar refractivity (Wildman–Crippen MR) is 74.1 cm³/mol. The largest absolute Gasteiger partial charge is 0.298 e. The molecular weight excluding hydrogens is 236 g/mol. The number of fused-ring (bicyclic) bond motifs is 1. The molecule has 2 fully saturated rings. The van der Waals surface area contributed by atoms with Gasteiger partial charge in [-0.1, -0.05) is 36.6 Å². The summed E-state index contributed by atoms with van der Waals surface area (Å²) < 4.78 is 0. The molecule has 2 nitrogen and oxygen atoms in total. The topological polar surface area (TPSA) is 34.1 Å². The van der Waals surface area contributed by atoms with Gasteiger partial charge in [-0.2, -0.15) is 0 Å². The smallest absolute Gasteiger partial charge is 0.151 e. The predicted octanol–water partition coefficient (Wildman–Crippen LogP) is 3.35. The van der Waals surface area contributed by atoms with Gasteiger partial charge in [0.1, 0.15) is 5.92 Å². The molecule has 19 heavy (non-hydrogen) atoms. The van der Waals surface area contributed by atoms with E-state index in [1.165, 1.54) is 5.56 Å². The molecule has 100 valence electrons. The number of ketones is 2. The lowest BCUT2D eigenvalue weighted by molar-refractivity contribution is -0.125. The first-order valence-electron chi connectivity index (χ1n) is 7.24. The van der Waals surface area contributed by atoms with E-state index in [0.29, 0.717) is 0 Å². The van der Waals surface area contributed by atoms with E-state index < -0.39 is 5.92 Å². The highest BCUT2D eigenvalue weighted by molar-refractivity contribution is 6.16. The molecule has 2 heteroatoms. The Balaban J connectivity index is 2.00. The molecule has 1 aromatic rings. The van der Waals surface area contributed by atoms with Crippen molar-refractivity contribution >= 4 is 11.6 Å². The van der Waals surface area contributed by atoms with Crippen molar-refractivity contribution in [3.63, 3.8) is 0 Å². The third kappa shape index (κ3) is 1.94. The van der Waals surface area contributed by atoms with Crippen molar-refractivity contribution < 1.29 is 9.59 Å². The van der Waals surface area contributed by atoms with Gasteiger partial charge in [0, 0.05) is 11.8 Å². The van der Waals surface area contributed by atoms with E-state index in [-0.39, 0.29) is 23.4 Å². The van der Waals surface area contributed by atoms with Gasteiger partial charge in [-0.3, -0.25) is 9.59 Å². The van der Waals surface area contributed by atoms with Gasteiger partial charge < -0.3 is 0 Å². The maximum Gasteiger partial charge on any atom is 0.151 e. The molecule has 0 N–H and O–H groups in total. The minimum Gasteiger partial charge on any atom is -0.298 e. The maximum absolute atomic E-state index is 12.6. The van der Waals surface area contributed by atoms with Gasteiger partial charge in [-0.15, -0.1) is 0 Å². The van der Waals surface area contributed by atoms with Crippen LogP contribution in [0.4, 0.5) is 0 Å².